The fourth-order valence-electron chi connectivity index (χ4n) is 1.98. The van der Waals surface area contributed by atoms with Gasteiger partial charge in [-0.15, -0.1) is 0 Å². The Balaban J connectivity index is 2.16. The van der Waals surface area contributed by atoms with Crippen LogP contribution in [-0.2, 0) is 6.54 Å². The molecule has 15 heavy (non-hydrogen) atoms. The highest BCUT2D eigenvalue weighted by Crippen LogP contribution is 2.22. The predicted molar refractivity (Wildman–Crippen MR) is 54.5 cm³/mol. The first kappa shape index (κ1) is 10.1. The van der Waals surface area contributed by atoms with Gasteiger partial charge in [-0.25, -0.2) is 0 Å². The molecule has 0 unspecified atom stereocenters. The maximum Gasteiger partial charge on any atom is 0.314 e. The predicted octanol–water partition coefficient (Wildman–Crippen LogP) is 1.22. The van der Waals surface area contributed by atoms with Crippen LogP contribution in [-0.4, -0.2) is 33.1 Å². The molecule has 1 aromatic heterocycles. The van der Waals surface area contributed by atoms with Crippen LogP contribution in [0.25, 0.3) is 0 Å². The van der Waals surface area contributed by atoms with Crippen LogP contribution in [0.4, 0.5) is 5.69 Å². The molecule has 0 saturated carbocycles. The van der Waals surface area contributed by atoms with Crippen molar-refractivity contribution in [3.05, 3.63) is 21.5 Å². The zero-order valence-electron chi connectivity index (χ0n) is 8.69. The number of rotatable bonds is 3. The summed E-state index contributed by atoms with van der Waals surface area (Å²) in [5.41, 5.74) is 1.23. The lowest BCUT2D eigenvalue weighted by molar-refractivity contribution is -0.386. The topological polar surface area (TPSA) is 75.1 Å². The van der Waals surface area contributed by atoms with Gasteiger partial charge in [0.2, 0.25) is 0 Å². The Morgan fingerprint density at radius 1 is 1.53 bits per heavy atom. The van der Waals surface area contributed by atoms with Gasteiger partial charge in [-0.2, -0.15) is 5.10 Å². The molecule has 6 nitrogen and oxygen atoms in total. The van der Waals surface area contributed by atoms with Crippen LogP contribution in [0.1, 0.15) is 24.2 Å². The molecule has 1 N–H and O–H groups in total. The van der Waals surface area contributed by atoms with E-state index in [1.54, 1.807) is 6.92 Å². The van der Waals surface area contributed by atoms with Gasteiger partial charge in [-0.1, -0.05) is 0 Å². The quantitative estimate of drug-likeness (QED) is 0.601. The van der Waals surface area contributed by atoms with Gasteiger partial charge in [0.25, 0.3) is 0 Å². The van der Waals surface area contributed by atoms with Gasteiger partial charge >= 0.3 is 5.69 Å². The molecule has 0 spiro atoms. The van der Waals surface area contributed by atoms with E-state index in [2.05, 4.69) is 15.1 Å². The largest absolute Gasteiger partial charge is 0.314 e. The van der Waals surface area contributed by atoms with Crippen LogP contribution in [0.5, 0.6) is 0 Å². The second-order valence-electron chi connectivity index (χ2n) is 3.88. The van der Waals surface area contributed by atoms with E-state index in [1.807, 2.05) is 0 Å². The highest BCUT2D eigenvalue weighted by Gasteiger charge is 2.24. The minimum atomic E-state index is -0.357. The molecule has 0 atom stereocenters. The Bertz CT molecular complexity index is 368. The summed E-state index contributed by atoms with van der Waals surface area (Å²) in [6, 6.07) is 0. The lowest BCUT2D eigenvalue weighted by atomic mass is 10.3. The Labute approximate surface area is 87.4 Å². The lowest BCUT2D eigenvalue weighted by Crippen LogP contribution is -2.19. The average molecular weight is 210 g/mol. The van der Waals surface area contributed by atoms with Crippen LogP contribution in [0.2, 0.25) is 0 Å². The number of aryl methyl sites for hydroxylation is 1. The maximum absolute atomic E-state index is 10.8. The van der Waals surface area contributed by atoms with E-state index in [0.717, 1.165) is 13.1 Å². The van der Waals surface area contributed by atoms with Crippen molar-refractivity contribution in [2.45, 2.75) is 26.3 Å². The minimum Gasteiger partial charge on any atom is -0.297 e. The Kier molecular flexibility index (Phi) is 2.68. The molecule has 0 radical (unpaired) electrons. The molecule has 2 heterocycles. The van der Waals surface area contributed by atoms with Gasteiger partial charge in [-0.3, -0.25) is 20.1 Å². The Morgan fingerprint density at radius 3 is 2.80 bits per heavy atom. The van der Waals surface area contributed by atoms with Gasteiger partial charge in [0.05, 0.1) is 4.92 Å². The first-order valence-electron chi connectivity index (χ1n) is 5.09. The van der Waals surface area contributed by atoms with Crippen LogP contribution in [0.15, 0.2) is 0 Å². The van der Waals surface area contributed by atoms with E-state index in [1.165, 1.54) is 12.8 Å². The van der Waals surface area contributed by atoms with E-state index in [9.17, 15) is 10.1 Å². The van der Waals surface area contributed by atoms with Crippen molar-refractivity contribution in [2.24, 2.45) is 0 Å². The first-order chi connectivity index (χ1) is 7.18. The molecule has 0 amide bonds. The van der Waals surface area contributed by atoms with E-state index < -0.39 is 0 Å². The molecule has 0 aromatic carbocycles. The summed E-state index contributed by atoms with van der Waals surface area (Å²) >= 11 is 0. The standard InChI is InChI=1S/C9H14N4O2/c1-7-9(13(14)15)8(11-10-7)6-12-4-2-3-5-12/h2-6H2,1H3,(H,10,11). The van der Waals surface area contributed by atoms with Crippen LogP contribution in [0.3, 0.4) is 0 Å². The summed E-state index contributed by atoms with van der Waals surface area (Å²) in [7, 11) is 0. The van der Waals surface area contributed by atoms with Crippen molar-refractivity contribution >= 4 is 5.69 Å². The van der Waals surface area contributed by atoms with Gasteiger partial charge < -0.3 is 0 Å². The molecule has 82 valence electrons. The number of aromatic nitrogens is 2. The summed E-state index contributed by atoms with van der Waals surface area (Å²) in [5, 5.41) is 17.5. The number of aromatic amines is 1. The van der Waals surface area contributed by atoms with Crippen molar-refractivity contribution in [1.29, 1.82) is 0 Å². The number of H-pyrrole nitrogens is 1. The smallest absolute Gasteiger partial charge is 0.297 e. The van der Waals surface area contributed by atoms with Crippen LogP contribution < -0.4 is 0 Å². The molecule has 1 fully saturated rings. The Hall–Kier alpha value is -1.43. The highest BCUT2D eigenvalue weighted by molar-refractivity contribution is 5.39. The van der Waals surface area contributed by atoms with E-state index in [0.29, 0.717) is 17.9 Å². The molecule has 2 rings (SSSR count). The zero-order valence-corrected chi connectivity index (χ0v) is 8.69. The summed E-state index contributed by atoms with van der Waals surface area (Å²) in [5.74, 6) is 0. The SMILES string of the molecule is Cc1[nH]nc(CN2CCCC2)c1[N+](=O)[O-]. The number of hydrogen-bond donors (Lipinski definition) is 1. The van der Waals surface area contributed by atoms with E-state index in [4.69, 9.17) is 0 Å². The minimum absolute atomic E-state index is 0.141. The Morgan fingerprint density at radius 2 is 2.20 bits per heavy atom. The van der Waals surface area contributed by atoms with Crippen molar-refractivity contribution in [3.8, 4) is 0 Å². The van der Waals surface area contributed by atoms with Crippen molar-refractivity contribution in [2.75, 3.05) is 13.1 Å². The number of likely N-dealkylation sites (tertiary alicyclic amines) is 1. The molecule has 1 aliphatic heterocycles. The van der Waals surface area contributed by atoms with Crippen LogP contribution >= 0.6 is 0 Å². The summed E-state index contributed by atoms with van der Waals surface area (Å²) in [6.45, 7) is 4.30. The van der Waals surface area contributed by atoms with Gasteiger partial charge in [0.1, 0.15) is 5.69 Å². The van der Waals surface area contributed by atoms with Crippen molar-refractivity contribution in [3.63, 3.8) is 0 Å². The molecular weight excluding hydrogens is 196 g/mol. The van der Waals surface area contributed by atoms with Gasteiger partial charge in [0.15, 0.2) is 5.69 Å². The van der Waals surface area contributed by atoms with Crippen LogP contribution in [0, 0.1) is 17.0 Å². The van der Waals surface area contributed by atoms with Crippen molar-refractivity contribution in [1.82, 2.24) is 15.1 Å². The van der Waals surface area contributed by atoms with Gasteiger partial charge in [-0.05, 0) is 32.9 Å². The summed E-state index contributed by atoms with van der Waals surface area (Å²) in [6.07, 6.45) is 2.36. The van der Waals surface area contributed by atoms with E-state index >= 15 is 0 Å². The monoisotopic (exact) mass is 210 g/mol. The summed E-state index contributed by atoms with van der Waals surface area (Å²) < 4.78 is 0. The molecular formula is C9H14N4O2. The lowest BCUT2D eigenvalue weighted by Gasteiger charge is -2.11. The number of nitrogens with one attached hydrogen (secondary N) is 1. The molecule has 1 aliphatic rings. The molecule has 1 aromatic rings. The normalized spacial score (nSPS) is 17.1. The second kappa shape index (κ2) is 3.98. The number of hydrogen-bond acceptors (Lipinski definition) is 4. The molecule has 6 heteroatoms. The maximum atomic E-state index is 10.8. The zero-order chi connectivity index (χ0) is 10.8. The summed E-state index contributed by atoms with van der Waals surface area (Å²) in [4.78, 5) is 12.6. The second-order valence-corrected chi connectivity index (χ2v) is 3.88. The third-order valence-corrected chi connectivity index (χ3v) is 2.74. The first-order valence-corrected chi connectivity index (χ1v) is 5.09. The van der Waals surface area contributed by atoms with Crippen molar-refractivity contribution < 1.29 is 4.92 Å². The van der Waals surface area contributed by atoms with Gasteiger partial charge in [0, 0.05) is 6.54 Å². The average Bonchev–Trinajstić information content (AvgIpc) is 2.76. The fraction of sp³-hybridized carbons (Fsp3) is 0.667. The van der Waals surface area contributed by atoms with E-state index in [-0.39, 0.29) is 10.6 Å². The molecule has 0 aliphatic carbocycles. The molecule has 1 saturated heterocycles. The third-order valence-electron chi connectivity index (χ3n) is 2.74. The molecule has 0 bridgehead atoms. The number of nitro groups is 1. The highest BCUT2D eigenvalue weighted by atomic mass is 16.6. The fourth-order valence-corrected chi connectivity index (χ4v) is 1.98. The third kappa shape index (κ3) is 1.99. The number of nitrogens with zero attached hydrogens (tertiary/aromatic N) is 3.